The molecule has 0 spiro atoms. The van der Waals surface area contributed by atoms with Crippen LogP contribution in [-0.4, -0.2) is 25.1 Å². The molecule has 13 heavy (non-hydrogen) atoms. The van der Waals surface area contributed by atoms with Gasteiger partial charge in [-0.05, 0) is 0 Å². The molecule has 5 nitrogen and oxygen atoms in total. The number of hydrogen-bond acceptors (Lipinski definition) is 5. The van der Waals surface area contributed by atoms with Crippen LogP contribution in [0, 0.1) is 0 Å². The smallest absolute Gasteiger partial charge is 0.232 e. The molecule has 68 valence electrons. The average Bonchev–Trinajstić information content (AvgIpc) is 2.71. The number of aromatic nitrogens is 4. The fourth-order valence-electron chi connectivity index (χ4n) is 0.807. The molecule has 2 aromatic rings. The second-order valence-electron chi connectivity index (χ2n) is 2.24. The van der Waals surface area contributed by atoms with E-state index in [1.54, 1.807) is 6.20 Å². The van der Waals surface area contributed by atoms with E-state index in [2.05, 4.69) is 15.3 Å². The molecule has 0 aliphatic carbocycles. The van der Waals surface area contributed by atoms with Crippen molar-refractivity contribution < 1.29 is 5.11 Å². The Kier molecular flexibility index (Phi) is 2.26. The normalized spacial score (nSPS) is 10.6. The predicted octanol–water partition coefficient (Wildman–Crippen LogP) is 0.869. The van der Waals surface area contributed by atoms with Gasteiger partial charge in [-0.15, -0.1) is 10.2 Å². The van der Waals surface area contributed by atoms with E-state index < -0.39 is 0 Å². The van der Waals surface area contributed by atoms with Gasteiger partial charge in [0.15, 0.2) is 0 Å². The lowest BCUT2D eigenvalue weighted by Gasteiger charge is -1.89. The summed E-state index contributed by atoms with van der Waals surface area (Å²) in [6.45, 7) is -0.104. The van der Waals surface area contributed by atoms with Crippen molar-refractivity contribution in [2.75, 3.05) is 0 Å². The van der Waals surface area contributed by atoms with Crippen LogP contribution < -0.4 is 0 Å². The molecular weight excluding hydrogens is 212 g/mol. The quantitative estimate of drug-likeness (QED) is 0.809. The molecule has 0 aliphatic rings. The third-order valence-corrected chi connectivity index (χ3v) is 2.43. The van der Waals surface area contributed by atoms with Crippen LogP contribution in [0.25, 0.3) is 5.13 Å². The third kappa shape index (κ3) is 1.69. The lowest BCUT2D eigenvalue weighted by molar-refractivity contribution is 0.280. The van der Waals surface area contributed by atoms with Gasteiger partial charge >= 0.3 is 0 Å². The zero-order valence-corrected chi connectivity index (χ0v) is 7.96. The first-order valence-corrected chi connectivity index (χ1v) is 4.63. The van der Waals surface area contributed by atoms with Crippen LogP contribution in [-0.2, 0) is 6.61 Å². The van der Waals surface area contributed by atoms with Gasteiger partial charge in [0.05, 0.1) is 24.0 Å². The van der Waals surface area contributed by atoms with E-state index >= 15 is 0 Å². The summed E-state index contributed by atoms with van der Waals surface area (Å²) in [7, 11) is 0. The number of nitrogens with zero attached hydrogens (tertiary/aromatic N) is 4. The Hall–Kier alpha value is -0.980. The zero-order valence-electron chi connectivity index (χ0n) is 6.38. The molecule has 2 aromatic heterocycles. The largest absolute Gasteiger partial charge is 0.389 e. The Morgan fingerprint density at radius 1 is 1.54 bits per heavy atom. The molecule has 0 atom stereocenters. The molecule has 0 radical (unpaired) electrons. The topological polar surface area (TPSA) is 63.8 Å². The summed E-state index contributed by atoms with van der Waals surface area (Å²) in [4.78, 5) is 0. The van der Waals surface area contributed by atoms with Crippen molar-refractivity contribution in [3.8, 4) is 5.13 Å². The first-order valence-electron chi connectivity index (χ1n) is 3.43. The van der Waals surface area contributed by atoms with Crippen LogP contribution in [0.5, 0.6) is 0 Å². The summed E-state index contributed by atoms with van der Waals surface area (Å²) in [5, 5.41) is 21.9. The fourth-order valence-corrected chi connectivity index (χ4v) is 1.57. The minimum absolute atomic E-state index is 0.104. The molecule has 0 saturated carbocycles. The van der Waals surface area contributed by atoms with E-state index in [9.17, 15) is 0 Å². The van der Waals surface area contributed by atoms with E-state index in [1.807, 2.05) is 0 Å². The van der Waals surface area contributed by atoms with E-state index in [1.165, 1.54) is 22.2 Å². The summed E-state index contributed by atoms with van der Waals surface area (Å²) in [6, 6.07) is 0. The monoisotopic (exact) mass is 216 g/mol. The number of hydrogen-bond donors (Lipinski definition) is 1. The van der Waals surface area contributed by atoms with Crippen molar-refractivity contribution in [1.82, 2.24) is 20.0 Å². The summed E-state index contributed by atoms with van der Waals surface area (Å²) in [6.07, 6.45) is 3.14. The van der Waals surface area contributed by atoms with Crippen LogP contribution >= 0.6 is 22.9 Å². The van der Waals surface area contributed by atoms with Gasteiger partial charge in [0.25, 0.3) is 0 Å². The van der Waals surface area contributed by atoms with Gasteiger partial charge in [0, 0.05) is 0 Å². The van der Waals surface area contributed by atoms with Crippen molar-refractivity contribution in [2.24, 2.45) is 0 Å². The molecule has 0 fully saturated rings. The maximum atomic E-state index is 8.76. The van der Waals surface area contributed by atoms with Crippen LogP contribution in [0.1, 0.15) is 5.01 Å². The summed E-state index contributed by atoms with van der Waals surface area (Å²) in [5.41, 5.74) is 0. The third-order valence-electron chi connectivity index (χ3n) is 1.34. The van der Waals surface area contributed by atoms with Crippen LogP contribution in [0.15, 0.2) is 12.4 Å². The van der Waals surface area contributed by atoms with Gasteiger partial charge in [-0.25, -0.2) is 4.68 Å². The SMILES string of the molecule is OCc1nnc(-n2cc(Cl)cn2)s1. The molecule has 0 aromatic carbocycles. The molecule has 0 unspecified atom stereocenters. The van der Waals surface area contributed by atoms with Crippen molar-refractivity contribution in [2.45, 2.75) is 6.61 Å². The maximum Gasteiger partial charge on any atom is 0.232 e. The minimum atomic E-state index is -0.104. The Bertz CT molecular complexity index is 412. The van der Waals surface area contributed by atoms with Crippen LogP contribution in [0.2, 0.25) is 5.02 Å². The molecule has 2 rings (SSSR count). The van der Waals surface area contributed by atoms with E-state index in [-0.39, 0.29) is 6.61 Å². The molecule has 1 N–H and O–H groups in total. The highest BCUT2D eigenvalue weighted by Gasteiger charge is 2.05. The van der Waals surface area contributed by atoms with Crippen molar-refractivity contribution in [3.63, 3.8) is 0 Å². The van der Waals surface area contributed by atoms with Crippen molar-refractivity contribution >= 4 is 22.9 Å². The first-order chi connectivity index (χ1) is 6.29. The van der Waals surface area contributed by atoms with Crippen LogP contribution in [0.4, 0.5) is 0 Å². The number of rotatable bonds is 2. The minimum Gasteiger partial charge on any atom is -0.389 e. The molecule has 0 amide bonds. The summed E-state index contributed by atoms with van der Waals surface area (Å²) >= 11 is 6.94. The Balaban J connectivity index is 2.35. The summed E-state index contributed by atoms with van der Waals surface area (Å²) in [5.74, 6) is 0. The summed E-state index contributed by atoms with van der Waals surface area (Å²) < 4.78 is 1.51. The number of halogens is 1. The van der Waals surface area contributed by atoms with Gasteiger partial charge in [-0.2, -0.15) is 5.10 Å². The zero-order chi connectivity index (χ0) is 9.26. The Labute approximate surface area is 82.6 Å². The van der Waals surface area contributed by atoms with E-state index in [0.717, 1.165) is 0 Å². The number of aliphatic hydroxyl groups is 1. The van der Waals surface area contributed by atoms with Crippen LogP contribution in [0.3, 0.4) is 0 Å². The maximum absolute atomic E-state index is 8.76. The Morgan fingerprint density at radius 3 is 2.92 bits per heavy atom. The Morgan fingerprint density at radius 2 is 2.38 bits per heavy atom. The van der Waals surface area contributed by atoms with Crippen molar-refractivity contribution in [3.05, 3.63) is 22.4 Å². The number of aliphatic hydroxyl groups excluding tert-OH is 1. The second kappa shape index (κ2) is 3.41. The van der Waals surface area contributed by atoms with E-state index in [4.69, 9.17) is 16.7 Å². The standard InChI is InChI=1S/C6H5ClN4OS/c7-4-1-8-11(2-4)6-10-9-5(3-12)13-6/h1-2,12H,3H2. The molecular formula is C6H5ClN4OS. The van der Waals surface area contributed by atoms with Crippen molar-refractivity contribution in [1.29, 1.82) is 0 Å². The van der Waals surface area contributed by atoms with Gasteiger partial charge in [-0.1, -0.05) is 22.9 Å². The highest BCUT2D eigenvalue weighted by Crippen LogP contribution is 2.15. The van der Waals surface area contributed by atoms with Gasteiger partial charge < -0.3 is 5.11 Å². The highest BCUT2D eigenvalue weighted by atomic mass is 35.5. The van der Waals surface area contributed by atoms with Gasteiger partial charge in [0.2, 0.25) is 5.13 Å². The molecule has 7 heteroatoms. The lowest BCUT2D eigenvalue weighted by atomic mass is 10.7. The van der Waals surface area contributed by atoms with Gasteiger partial charge in [0.1, 0.15) is 5.01 Å². The van der Waals surface area contributed by atoms with E-state index in [0.29, 0.717) is 15.2 Å². The highest BCUT2D eigenvalue weighted by molar-refractivity contribution is 7.13. The average molecular weight is 217 g/mol. The molecule has 0 aliphatic heterocycles. The predicted molar refractivity (Wildman–Crippen MR) is 48.0 cm³/mol. The molecule has 0 saturated heterocycles. The lowest BCUT2D eigenvalue weighted by Crippen LogP contribution is -1.92. The second-order valence-corrected chi connectivity index (χ2v) is 3.72. The molecule has 2 heterocycles. The van der Waals surface area contributed by atoms with Gasteiger partial charge in [-0.3, -0.25) is 0 Å². The molecule has 0 bridgehead atoms. The fraction of sp³-hybridized carbons (Fsp3) is 0.167. The first kappa shape index (κ1) is 8.61.